The zero-order chi connectivity index (χ0) is 36.7. The highest BCUT2D eigenvalue weighted by atomic mass is 16.3. The molecule has 9 aromatic carbocycles. The Labute approximate surface area is 320 Å². The van der Waals surface area contributed by atoms with E-state index in [2.05, 4.69) is 207 Å². The number of fused-ring (bicyclic) bond motifs is 9. The van der Waals surface area contributed by atoms with Crippen LogP contribution in [0.3, 0.4) is 0 Å². The first-order valence-corrected chi connectivity index (χ1v) is 19.1. The number of nitrogens with zero attached hydrogens (tertiary/aromatic N) is 1. The van der Waals surface area contributed by atoms with Gasteiger partial charge in [0.05, 0.1) is 5.69 Å². The Balaban J connectivity index is 1.22. The average molecular weight is 704 g/mol. The molecular formula is C53H37NO. The van der Waals surface area contributed by atoms with Gasteiger partial charge in [0.15, 0.2) is 0 Å². The van der Waals surface area contributed by atoms with Gasteiger partial charge in [-0.15, -0.1) is 0 Å². The second-order valence-corrected chi connectivity index (χ2v) is 15.3. The summed E-state index contributed by atoms with van der Waals surface area (Å²) < 4.78 is 6.78. The van der Waals surface area contributed by atoms with Crippen molar-refractivity contribution in [1.82, 2.24) is 0 Å². The van der Waals surface area contributed by atoms with Crippen molar-refractivity contribution in [2.45, 2.75) is 19.3 Å². The lowest BCUT2D eigenvalue weighted by Gasteiger charge is -2.33. The molecule has 0 aliphatic heterocycles. The van der Waals surface area contributed by atoms with E-state index in [1.54, 1.807) is 0 Å². The number of benzene rings is 9. The summed E-state index contributed by atoms with van der Waals surface area (Å²) >= 11 is 0. The van der Waals surface area contributed by atoms with Crippen LogP contribution in [0.5, 0.6) is 0 Å². The van der Waals surface area contributed by atoms with Crippen LogP contribution in [0.15, 0.2) is 192 Å². The molecule has 1 aliphatic carbocycles. The number of anilines is 3. The van der Waals surface area contributed by atoms with Gasteiger partial charge in [0.25, 0.3) is 0 Å². The fraction of sp³-hybridized carbons (Fsp3) is 0.0566. The van der Waals surface area contributed by atoms with Crippen LogP contribution < -0.4 is 4.90 Å². The van der Waals surface area contributed by atoms with E-state index in [1.165, 1.54) is 71.4 Å². The topological polar surface area (TPSA) is 16.4 Å². The summed E-state index contributed by atoms with van der Waals surface area (Å²) in [7, 11) is 0. The molecule has 1 aromatic heterocycles. The first kappa shape index (κ1) is 31.6. The van der Waals surface area contributed by atoms with Gasteiger partial charge in [-0.25, -0.2) is 0 Å². The van der Waals surface area contributed by atoms with Crippen LogP contribution in [0.25, 0.3) is 76.9 Å². The van der Waals surface area contributed by atoms with Crippen LogP contribution in [0, 0.1) is 0 Å². The fourth-order valence-corrected chi connectivity index (χ4v) is 9.34. The number of furan rings is 1. The lowest BCUT2D eigenvalue weighted by Crippen LogP contribution is -2.20. The highest BCUT2D eigenvalue weighted by Gasteiger charge is 2.41. The minimum Gasteiger partial charge on any atom is -0.456 e. The molecule has 0 spiro atoms. The smallest absolute Gasteiger partial charge is 0.138 e. The standard InChI is InChI=1S/C53H37NO/c1-53(2)46-29-9-7-25-44(46)51-50-45-26-8-10-30-48(45)55-49(50)33-47(52(51)53)54(38-21-11-19-36(31-38)42-27-13-17-34-15-3-5-23-40(34)42)39-22-12-20-37(32-39)43-28-14-18-35-16-4-6-24-41(35)43/h3-33H,1-2H3. The zero-order valence-electron chi connectivity index (χ0n) is 30.8. The van der Waals surface area contributed by atoms with Gasteiger partial charge in [0.2, 0.25) is 0 Å². The van der Waals surface area contributed by atoms with Crippen LogP contribution in [0.2, 0.25) is 0 Å². The normalized spacial score (nSPS) is 13.1. The van der Waals surface area contributed by atoms with Crippen molar-refractivity contribution in [3.63, 3.8) is 0 Å². The van der Waals surface area contributed by atoms with Crippen LogP contribution in [0.4, 0.5) is 17.1 Å². The Morgan fingerprint density at radius 1 is 0.436 bits per heavy atom. The Morgan fingerprint density at radius 2 is 0.945 bits per heavy atom. The van der Waals surface area contributed by atoms with Gasteiger partial charge in [-0.05, 0) is 96.4 Å². The van der Waals surface area contributed by atoms with Gasteiger partial charge in [0.1, 0.15) is 11.2 Å². The Hall–Kier alpha value is -6.90. The highest BCUT2D eigenvalue weighted by Crippen LogP contribution is 2.58. The molecule has 0 bridgehead atoms. The minimum atomic E-state index is -0.285. The number of hydrogen-bond acceptors (Lipinski definition) is 2. The van der Waals surface area contributed by atoms with Crippen molar-refractivity contribution in [1.29, 1.82) is 0 Å². The quantitative estimate of drug-likeness (QED) is 0.177. The van der Waals surface area contributed by atoms with Gasteiger partial charge in [-0.2, -0.15) is 0 Å². The molecule has 0 amide bonds. The molecule has 0 saturated carbocycles. The molecule has 1 aliphatic rings. The first-order valence-electron chi connectivity index (χ1n) is 19.1. The fourth-order valence-electron chi connectivity index (χ4n) is 9.34. The average Bonchev–Trinajstić information content (AvgIpc) is 3.72. The second-order valence-electron chi connectivity index (χ2n) is 15.3. The maximum absolute atomic E-state index is 6.78. The molecule has 0 fully saturated rings. The maximum Gasteiger partial charge on any atom is 0.138 e. The molecule has 10 aromatic rings. The molecule has 0 saturated heterocycles. The van der Waals surface area contributed by atoms with Crippen molar-refractivity contribution in [3.8, 4) is 33.4 Å². The summed E-state index contributed by atoms with van der Waals surface area (Å²) in [5.74, 6) is 0. The summed E-state index contributed by atoms with van der Waals surface area (Å²) in [6.07, 6.45) is 0. The van der Waals surface area contributed by atoms with E-state index in [0.717, 1.165) is 33.6 Å². The number of rotatable bonds is 5. The minimum absolute atomic E-state index is 0.285. The third-order valence-corrected chi connectivity index (χ3v) is 11.8. The van der Waals surface area contributed by atoms with Crippen molar-refractivity contribution >= 4 is 60.5 Å². The predicted octanol–water partition coefficient (Wildman–Crippen LogP) is 15.0. The van der Waals surface area contributed by atoms with Crippen molar-refractivity contribution < 1.29 is 4.42 Å². The molecule has 1 heterocycles. The Bertz CT molecular complexity index is 3010. The van der Waals surface area contributed by atoms with Gasteiger partial charge in [0, 0.05) is 33.6 Å². The lowest BCUT2D eigenvalue weighted by atomic mass is 9.80. The first-order chi connectivity index (χ1) is 27.0. The molecule has 0 radical (unpaired) electrons. The van der Waals surface area contributed by atoms with Crippen LogP contribution in [0.1, 0.15) is 25.0 Å². The summed E-state index contributed by atoms with van der Waals surface area (Å²) in [6, 6.07) is 68.4. The van der Waals surface area contributed by atoms with Crippen molar-refractivity contribution in [2.24, 2.45) is 0 Å². The molecule has 260 valence electrons. The van der Waals surface area contributed by atoms with E-state index in [1.807, 2.05) is 0 Å². The summed E-state index contributed by atoms with van der Waals surface area (Å²) in [6.45, 7) is 4.76. The number of hydrogen-bond donors (Lipinski definition) is 0. The van der Waals surface area contributed by atoms with Crippen LogP contribution >= 0.6 is 0 Å². The third-order valence-electron chi connectivity index (χ3n) is 11.8. The van der Waals surface area contributed by atoms with Crippen LogP contribution in [-0.2, 0) is 5.41 Å². The Morgan fingerprint density at radius 3 is 1.60 bits per heavy atom. The van der Waals surface area contributed by atoms with Gasteiger partial charge in [-0.3, -0.25) is 0 Å². The molecule has 0 N–H and O–H groups in total. The molecule has 2 nitrogen and oxygen atoms in total. The summed E-state index contributed by atoms with van der Waals surface area (Å²) in [4.78, 5) is 2.47. The molecule has 0 unspecified atom stereocenters. The summed E-state index contributed by atoms with van der Waals surface area (Å²) in [5.41, 5.74) is 14.8. The monoisotopic (exact) mass is 703 g/mol. The summed E-state index contributed by atoms with van der Waals surface area (Å²) in [5, 5.41) is 7.28. The van der Waals surface area contributed by atoms with E-state index >= 15 is 0 Å². The Kier molecular flexibility index (Phi) is 6.93. The predicted molar refractivity (Wildman–Crippen MR) is 232 cm³/mol. The zero-order valence-corrected chi connectivity index (χ0v) is 30.8. The molecule has 0 atom stereocenters. The van der Waals surface area contributed by atoms with E-state index in [0.29, 0.717) is 0 Å². The van der Waals surface area contributed by atoms with Crippen molar-refractivity contribution in [2.75, 3.05) is 4.90 Å². The number of para-hydroxylation sites is 1. The lowest BCUT2D eigenvalue weighted by molar-refractivity contribution is 0.657. The van der Waals surface area contributed by atoms with E-state index < -0.39 is 0 Å². The molecular weight excluding hydrogens is 667 g/mol. The van der Waals surface area contributed by atoms with Crippen LogP contribution in [-0.4, -0.2) is 0 Å². The van der Waals surface area contributed by atoms with E-state index in [9.17, 15) is 0 Å². The van der Waals surface area contributed by atoms with Gasteiger partial charge in [-0.1, -0.05) is 166 Å². The van der Waals surface area contributed by atoms with E-state index in [-0.39, 0.29) is 5.41 Å². The maximum atomic E-state index is 6.78. The second kappa shape index (κ2) is 12.1. The molecule has 55 heavy (non-hydrogen) atoms. The van der Waals surface area contributed by atoms with Gasteiger partial charge < -0.3 is 9.32 Å². The van der Waals surface area contributed by atoms with E-state index in [4.69, 9.17) is 4.42 Å². The third kappa shape index (κ3) is 4.81. The molecule has 11 rings (SSSR count). The SMILES string of the molecule is CC1(C)c2ccccc2-c2c1c(N(c1cccc(-c3cccc4ccccc34)c1)c1cccc(-c3cccc4ccccc34)c1)cc1oc3ccccc3c21. The highest BCUT2D eigenvalue weighted by molar-refractivity contribution is 6.17. The largest absolute Gasteiger partial charge is 0.456 e. The van der Waals surface area contributed by atoms with Crippen molar-refractivity contribution in [3.05, 3.63) is 199 Å². The molecule has 2 heteroatoms. The van der Waals surface area contributed by atoms with Gasteiger partial charge >= 0.3 is 0 Å².